The first kappa shape index (κ1) is 15.7. The van der Waals surface area contributed by atoms with Gasteiger partial charge in [0.05, 0.1) is 7.11 Å². The monoisotopic (exact) mass is 310 g/mol. The second-order valence-electron chi connectivity index (χ2n) is 6.45. The Kier molecular flexibility index (Phi) is 3.97. The molecule has 0 saturated carbocycles. The van der Waals surface area contributed by atoms with Crippen LogP contribution in [0, 0.1) is 17.8 Å². The molecule has 0 heterocycles. The minimum Gasteiger partial charge on any atom is -0.493 e. The maximum absolute atomic E-state index is 13.0. The van der Waals surface area contributed by atoms with Gasteiger partial charge in [-0.15, -0.1) is 6.58 Å². The van der Waals surface area contributed by atoms with Crippen LogP contribution in [0.3, 0.4) is 0 Å². The largest absolute Gasteiger partial charge is 0.493 e. The zero-order chi connectivity index (χ0) is 16.7. The van der Waals surface area contributed by atoms with Gasteiger partial charge >= 0.3 is 0 Å². The normalized spacial score (nSPS) is 30.0. The van der Waals surface area contributed by atoms with Crippen LogP contribution >= 0.6 is 0 Å². The van der Waals surface area contributed by atoms with Crippen molar-refractivity contribution in [2.75, 3.05) is 7.11 Å². The molecule has 0 amide bonds. The number of Topliss-reactive ketones (excluding diaryl/α,β-unsaturated/α-hetero) is 2. The Morgan fingerprint density at radius 2 is 2.04 bits per heavy atom. The number of ketones is 2. The van der Waals surface area contributed by atoms with E-state index in [2.05, 4.69) is 38.7 Å². The first-order chi connectivity index (χ1) is 11.0. The molecule has 3 nitrogen and oxygen atoms in total. The molecule has 3 heteroatoms. The van der Waals surface area contributed by atoms with E-state index >= 15 is 0 Å². The minimum absolute atomic E-state index is 0.0238. The fourth-order valence-electron chi connectivity index (χ4n) is 4.02. The third-order valence-electron chi connectivity index (χ3n) is 5.34. The molecule has 0 fully saturated rings. The molecule has 0 aliphatic heterocycles. The second kappa shape index (κ2) is 5.80. The predicted molar refractivity (Wildman–Crippen MR) is 89.5 cm³/mol. The van der Waals surface area contributed by atoms with Crippen LogP contribution in [-0.2, 0) is 14.3 Å². The maximum Gasteiger partial charge on any atom is 0.202 e. The van der Waals surface area contributed by atoms with E-state index in [1.165, 1.54) is 23.8 Å². The summed E-state index contributed by atoms with van der Waals surface area (Å²) in [6, 6.07) is 0. The third kappa shape index (κ3) is 2.26. The number of allylic oxidation sites excluding steroid dienone is 9. The van der Waals surface area contributed by atoms with E-state index in [9.17, 15) is 9.59 Å². The Morgan fingerprint density at radius 1 is 1.30 bits per heavy atom. The number of hydrogen-bond donors (Lipinski definition) is 0. The Hall–Kier alpha value is -2.16. The lowest BCUT2D eigenvalue weighted by Gasteiger charge is -2.40. The second-order valence-corrected chi connectivity index (χ2v) is 6.45. The van der Waals surface area contributed by atoms with Crippen molar-refractivity contribution in [3.05, 3.63) is 58.9 Å². The van der Waals surface area contributed by atoms with E-state index in [0.717, 1.165) is 0 Å². The number of methoxy groups -OCH3 is 1. The van der Waals surface area contributed by atoms with Gasteiger partial charge in [0.2, 0.25) is 5.78 Å². The zero-order valence-corrected chi connectivity index (χ0v) is 13.9. The van der Waals surface area contributed by atoms with Crippen molar-refractivity contribution < 1.29 is 14.3 Å². The number of ether oxygens (including phenoxy) is 1. The summed E-state index contributed by atoms with van der Waals surface area (Å²) in [6.45, 7) is 7.85. The first-order valence-electron chi connectivity index (χ1n) is 8.03. The van der Waals surface area contributed by atoms with Crippen molar-refractivity contribution in [2.24, 2.45) is 17.8 Å². The Morgan fingerprint density at radius 3 is 2.70 bits per heavy atom. The van der Waals surface area contributed by atoms with Gasteiger partial charge in [0, 0.05) is 23.3 Å². The fourth-order valence-corrected chi connectivity index (χ4v) is 4.02. The highest BCUT2D eigenvalue weighted by Gasteiger charge is 2.49. The Bertz CT molecular complexity index is 715. The highest BCUT2D eigenvalue weighted by molar-refractivity contribution is 6.13. The van der Waals surface area contributed by atoms with Gasteiger partial charge in [-0.05, 0) is 43.4 Å². The van der Waals surface area contributed by atoms with E-state index in [-0.39, 0.29) is 35.1 Å². The van der Waals surface area contributed by atoms with E-state index in [1.54, 1.807) is 6.08 Å². The van der Waals surface area contributed by atoms with Crippen molar-refractivity contribution in [2.45, 2.75) is 26.7 Å². The van der Waals surface area contributed by atoms with Crippen LogP contribution in [-0.4, -0.2) is 18.7 Å². The molecule has 0 aromatic rings. The van der Waals surface area contributed by atoms with Crippen LogP contribution < -0.4 is 0 Å². The molecule has 3 rings (SSSR count). The first-order valence-corrected chi connectivity index (χ1v) is 8.03. The molecule has 0 saturated heterocycles. The standard InChI is InChI=1S/C20H22O3/c1-5-6-16-18(21)15-10-9-13-12(3)11(2)7-8-14(13)17(15)19(22)20(16)23-4/h5,7-9,14-15,17H,1,6,10H2,2-4H3. The lowest BCUT2D eigenvalue weighted by molar-refractivity contribution is -0.134. The molecular weight excluding hydrogens is 288 g/mol. The van der Waals surface area contributed by atoms with E-state index in [1.807, 2.05) is 0 Å². The van der Waals surface area contributed by atoms with Crippen molar-refractivity contribution in [3.63, 3.8) is 0 Å². The highest BCUT2D eigenvalue weighted by Crippen LogP contribution is 2.47. The molecule has 3 aliphatic carbocycles. The average Bonchev–Trinajstić information content (AvgIpc) is 2.55. The van der Waals surface area contributed by atoms with Gasteiger partial charge < -0.3 is 4.74 Å². The van der Waals surface area contributed by atoms with Crippen molar-refractivity contribution in [1.82, 2.24) is 0 Å². The van der Waals surface area contributed by atoms with E-state index in [4.69, 9.17) is 4.74 Å². The topological polar surface area (TPSA) is 43.4 Å². The van der Waals surface area contributed by atoms with Gasteiger partial charge in [0.15, 0.2) is 11.5 Å². The summed E-state index contributed by atoms with van der Waals surface area (Å²) in [6.07, 6.45) is 8.93. The number of fused-ring (bicyclic) bond motifs is 3. The molecule has 23 heavy (non-hydrogen) atoms. The predicted octanol–water partition coefficient (Wildman–Crippen LogP) is 3.70. The lowest BCUT2D eigenvalue weighted by Crippen LogP contribution is -2.44. The average molecular weight is 310 g/mol. The Balaban J connectivity index is 2.08. The summed E-state index contributed by atoms with van der Waals surface area (Å²) in [4.78, 5) is 25.9. The van der Waals surface area contributed by atoms with E-state index < -0.39 is 0 Å². The van der Waals surface area contributed by atoms with Gasteiger partial charge in [0.25, 0.3) is 0 Å². The molecule has 3 atom stereocenters. The van der Waals surface area contributed by atoms with Crippen molar-refractivity contribution in [3.8, 4) is 0 Å². The summed E-state index contributed by atoms with van der Waals surface area (Å²) >= 11 is 0. The molecule has 0 radical (unpaired) electrons. The van der Waals surface area contributed by atoms with Crippen LogP contribution in [0.15, 0.2) is 58.9 Å². The molecule has 0 spiro atoms. The molecule has 0 aromatic carbocycles. The molecule has 0 N–H and O–H groups in total. The SMILES string of the molecule is C=CCC1=C(OC)C(=O)C2C3C=CC(C)=C(C)C3=CCC2C1=O. The number of rotatable bonds is 3. The minimum atomic E-state index is -0.342. The smallest absolute Gasteiger partial charge is 0.202 e. The van der Waals surface area contributed by atoms with Gasteiger partial charge in [-0.25, -0.2) is 0 Å². The quantitative estimate of drug-likeness (QED) is 0.747. The number of hydrogen-bond acceptors (Lipinski definition) is 3. The number of carbonyl (C=O) groups is 2. The van der Waals surface area contributed by atoms with Crippen LogP contribution in [0.5, 0.6) is 0 Å². The van der Waals surface area contributed by atoms with Gasteiger partial charge in [-0.2, -0.15) is 0 Å². The lowest BCUT2D eigenvalue weighted by atomic mass is 9.62. The van der Waals surface area contributed by atoms with Crippen LogP contribution in [0.1, 0.15) is 26.7 Å². The van der Waals surface area contributed by atoms with Gasteiger partial charge in [-0.3, -0.25) is 9.59 Å². The fraction of sp³-hybridized carbons (Fsp3) is 0.400. The summed E-state index contributed by atoms with van der Waals surface area (Å²) < 4.78 is 5.32. The van der Waals surface area contributed by atoms with Crippen molar-refractivity contribution in [1.29, 1.82) is 0 Å². The summed E-state index contributed by atoms with van der Waals surface area (Å²) in [7, 11) is 1.47. The van der Waals surface area contributed by atoms with Gasteiger partial charge in [0.1, 0.15) is 0 Å². The number of carbonyl (C=O) groups excluding carboxylic acids is 2. The van der Waals surface area contributed by atoms with E-state index in [0.29, 0.717) is 18.4 Å². The van der Waals surface area contributed by atoms with Crippen LogP contribution in [0.2, 0.25) is 0 Å². The third-order valence-corrected chi connectivity index (χ3v) is 5.34. The van der Waals surface area contributed by atoms with Crippen LogP contribution in [0.25, 0.3) is 0 Å². The Labute approximate surface area is 137 Å². The summed E-state index contributed by atoms with van der Waals surface area (Å²) in [5.41, 5.74) is 4.11. The van der Waals surface area contributed by atoms with Gasteiger partial charge in [-0.1, -0.05) is 24.3 Å². The molecule has 120 valence electrons. The zero-order valence-electron chi connectivity index (χ0n) is 13.9. The molecule has 0 bridgehead atoms. The highest BCUT2D eigenvalue weighted by atomic mass is 16.5. The van der Waals surface area contributed by atoms with Crippen LogP contribution in [0.4, 0.5) is 0 Å². The molecule has 3 aliphatic rings. The maximum atomic E-state index is 13.0. The molecule has 0 aromatic heterocycles. The molecular formula is C20H22O3. The molecule has 3 unspecified atom stereocenters. The summed E-state index contributed by atoms with van der Waals surface area (Å²) in [5.74, 6) is -0.411. The van der Waals surface area contributed by atoms with Crippen molar-refractivity contribution >= 4 is 11.6 Å². The summed E-state index contributed by atoms with van der Waals surface area (Å²) in [5, 5.41) is 0.